The molecule has 0 saturated carbocycles. The Bertz CT molecular complexity index is 352. The van der Waals surface area contributed by atoms with Crippen LogP contribution in [0.5, 0.6) is 0 Å². The molecule has 1 rings (SSSR count). The highest BCUT2D eigenvalue weighted by molar-refractivity contribution is 7.71. The van der Waals surface area contributed by atoms with E-state index in [4.69, 9.17) is 0 Å². The lowest BCUT2D eigenvalue weighted by molar-refractivity contribution is 0.705. The Labute approximate surface area is 142 Å². The van der Waals surface area contributed by atoms with E-state index in [1.807, 2.05) is 0 Å². The van der Waals surface area contributed by atoms with Gasteiger partial charge in [0.25, 0.3) is 0 Å². The van der Waals surface area contributed by atoms with Gasteiger partial charge in [-0.25, -0.2) is 0 Å². The van der Waals surface area contributed by atoms with Gasteiger partial charge in [-0.1, -0.05) is 92.5 Å². The second kappa shape index (κ2) is 12.5. The molecule has 0 heterocycles. The van der Waals surface area contributed by atoms with Crippen molar-refractivity contribution in [3.8, 4) is 0 Å². The van der Waals surface area contributed by atoms with Gasteiger partial charge in [0, 0.05) is 0 Å². The fraction of sp³-hybridized carbons (Fsp3) is 0.700. The fourth-order valence-corrected chi connectivity index (χ4v) is 7.42. The van der Waals surface area contributed by atoms with Gasteiger partial charge in [-0.15, -0.1) is 0 Å². The molecule has 0 spiro atoms. The van der Waals surface area contributed by atoms with Crippen LogP contribution in [0.1, 0.15) is 65.2 Å². The molecule has 0 bridgehead atoms. The van der Waals surface area contributed by atoms with Gasteiger partial charge in [-0.2, -0.15) is 0 Å². The van der Waals surface area contributed by atoms with E-state index in [0.29, 0.717) is 0 Å². The third-order valence-electron chi connectivity index (χ3n) is 4.40. The average molecular weight is 338 g/mol. The number of hydrogen-bond acceptors (Lipinski definition) is 0. The van der Waals surface area contributed by atoms with Gasteiger partial charge < -0.3 is 0 Å². The predicted octanol–water partition coefficient (Wildman–Crippen LogP) is 6.32. The van der Waals surface area contributed by atoms with Crippen LogP contribution in [0.25, 0.3) is 0 Å². The molecule has 2 atom stereocenters. The van der Waals surface area contributed by atoms with Gasteiger partial charge in [0.1, 0.15) is 0 Å². The first kappa shape index (κ1) is 20.1. The Morgan fingerprint density at radius 3 is 1.41 bits per heavy atom. The lowest BCUT2D eigenvalue weighted by atomic mass is 10.2. The van der Waals surface area contributed by atoms with Crippen molar-refractivity contribution in [2.45, 2.75) is 65.2 Å². The molecule has 0 aliphatic carbocycles. The van der Waals surface area contributed by atoms with E-state index in [1.165, 1.54) is 63.7 Å². The Morgan fingerprint density at radius 2 is 1.05 bits per heavy atom. The number of rotatable bonds is 12. The molecule has 0 N–H and O–H groups in total. The molecule has 0 aliphatic heterocycles. The highest BCUT2D eigenvalue weighted by Gasteiger charge is 2.14. The quantitative estimate of drug-likeness (QED) is 0.309. The fourth-order valence-electron chi connectivity index (χ4n) is 2.90. The first-order valence-electron chi connectivity index (χ1n) is 9.22. The third-order valence-corrected chi connectivity index (χ3v) is 8.97. The number of hydrogen-bond donors (Lipinski definition) is 0. The summed E-state index contributed by atoms with van der Waals surface area (Å²) in [7, 11) is 0.0980. The van der Waals surface area contributed by atoms with Gasteiger partial charge in [0.2, 0.25) is 0 Å². The number of unbranched alkanes of at least 4 members (excludes halogenated alkanes) is 6. The molecule has 0 amide bonds. The molecular formula is C20H36P2. The molecule has 0 radical (unpaired) electrons. The third kappa shape index (κ3) is 7.57. The zero-order valence-electron chi connectivity index (χ0n) is 15.3. The summed E-state index contributed by atoms with van der Waals surface area (Å²) in [6, 6.07) is 9.35. The maximum Gasteiger partial charge on any atom is -0.0167 e. The minimum absolute atomic E-state index is 0.0490. The van der Waals surface area contributed by atoms with Crippen LogP contribution in [0.15, 0.2) is 24.3 Å². The van der Waals surface area contributed by atoms with Crippen molar-refractivity contribution >= 4 is 26.5 Å². The molecule has 0 aromatic heterocycles. The van der Waals surface area contributed by atoms with Crippen LogP contribution in [0.2, 0.25) is 0 Å². The highest BCUT2D eigenvalue weighted by atomic mass is 31.1. The van der Waals surface area contributed by atoms with Gasteiger partial charge >= 0.3 is 0 Å². The van der Waals surface area contributed by atoms with Crippen molar-refractivity contribution in [2.24, 2.45) is 0 Å². The summed E-state index contributed by atoms with van der Waals surface area (Å²) in [5, 5.41) is 3.41. The van der Waals surface area contributed by atoms with Gasteiger partial charge in [-0.3, -0.25) is 0 Å². The molecule has 1 aromatic rings. The van der Waals surface area contributed by atoms with Crippen LogP contribution in [-0.4, -0.2) is 25.7 Å². The largest absolute Gasteiger partial charge is 0.0778 e. The van der Waals surface area contributed by atoms with E-state index in [0.717, 1.165) is 0 Å². The van der Waals surface area contributed by atoms with E-state index >= 15 is 0 Å². The maximum atomic E-state index is 2.50. The summed E-state index contributed by atoms with van der Waals surface area (Å²) in [5.74, 6) is 0. The zero-order chi connectivity index (χ0) is 16.2. The Morgan fingerprint density at radius 1 is 0.636 bits per heavy atom. The number of benzene rings is 1. The van der Waals surface area contributed by atoms with Crippen molar-refractivity contribution in [1.29, 1.82) is 0 Å². The summed E-state index contributed by atoms with van der Waals surface area (Å²) < 4.78 is 0. The summed E-state index contributed by atoms with van der Waals surface area (Å²) in [4.78, 5) is 0. The second-order valence-electron chi connectivity index (χ2n) is 6.45. The standard InChI is InChI=1S/C20H36P2/c1-5-7-9-13-17-21(3)19-15-11-12-16-20(19)22(4)18-14-10-8-6-2/h11-12,15-16H,5-10,13-14,17-18H2,1-4H3/t21-,22-/m0/s1. The van der Waals surface area contributed by atoms with E-state index < -0.39 is 0 Å². The summed E-state index contributed by atoms with van der Waals surface area (Å²) in [6.45, 7) is 9.60. The summed E-state index contributed by atoms with van der Waals surface area (Å²) in [6.07, 6.45) is 14.0. The van der Waals surface area contributed by atoms with Crippen molar-refractivity contribution < 1.29 is 0 Å². The van der Waals surface area contributed by atoms with Crippen molar-refractivity contribution in [3.63, 3.8) is 0 Å². The lowest BCUT2D eigenvalue weighted by Crippen LogP contribution is -2.22. The van der Waals surface area contributed by atoms with E-state index in [1.54, 1.807) is 10.6 Å². The van der Waals surface area contributed by atoms with Crippen LogP contribution in [0, 0.1) is 0 Å². The first-order valence-corrected chi connectivity index (χ1v) is 13.2. The summed E-state index contributed by atoms with van der Waals surface area (Å²) in [5.41, 5.74) is 0. The van der Waals surface area contributed by atoms with Crippen molar-refractivity contribution in [2.75, 3.05) is 25.7 Å². The van der Waals surface area contributed by atoms with Gasteiger partial charge in [0.15, 0.2) is 0 Å². The van der Waals surface area contributed by atoms with Crippen LogP contribution in [-0.2, 0) is 0 Å². The summed E-state index contributed by atoms with van der Waals surface area (Å²) >= 11 is 0. The monoisotopic (exact) mass is 338 g/mol. The molecule has 0 nitrogen and oxygen atoms in total. The van der Waals surface area contributed by atoms with E-state index in [9.17, 15) is 0 Å². The average Bonchev–Trinajstić information content (AvgIpc) is 2.55. The van der Waals surface area contributed by atoms with Crippen molar-refractivity contribution in [1.82, 2.24) is 0 Å². The maximum absolute atomic E-state index is 2.50. The lowest BCUT2D eigenvalue weighted by Gasteiger charge is -2.21. The Hall–Kier alpha value is 0.0800. The molecule has 126 valence electrons. The SMILES string of the molecule is CCCCCC[P@](C)c1ccccc1[P@@](C)CCCCCC. The van der Waals surface area contributed by atoms with Crippen molar-refractivity contribution in [3.05, 3.63) is 24.3 Å². The van der Waals surface area contributed by atoms with E-state index in [-0.39, 0.29) is 15.8 Å². The normalized spacial score (nSPS) is 14.0. The molecule has 2 heteroatoms. The van der Waals surface area contributed by atoms with E-state index in [2.05, 4.69) is 51.4 Å². The molecule has 0 fully saturated rings. The van der Waals surface area contributed by atoms with Crippen LogP contribution in [0.4, 0.5) is 0 Å². The van der Waals surface area contributed by atoms with Gasteiger partial charge in [-0.05, 0) is 49.1 Å². The Kier molecular flexibility index (Phi) is 11.4. The minimum Gasteiger partial charge on any atom is -0.0778 e. The first-order chi connectivity index (χ1) is 10.7. The minimum atomic E-state index is 0.0490. The highest BCUT2D eigenvalue weighted by Crippen LogP contribution is 2.37. The van der Waals surface area contributed by atoms with Crippen LogP contribution < -0.4 is 10.6 Å². The topological polar surface area (TPSA) is 0 Å². The van der Waals surface area contributed by atoms with Crippen LogP contribution >= 0.6 is 15.8 Å². The molecular weight excluding hydrogens is 302 g/mol. The molecule has 0 aliphatic rings. The molecule has 0 unspecified atom stereocenters. The molecule has 0 saturated heterocycles. The molecule has 1 aromatic carbocycles. The zero-order valence-corrected chi connectivity index (χ0v) is 17.1. The smallest absolute Gasteiger partial charge is 0.0167 e. The van der Waals surface area contributed by atoms with Gasteiger partial charge in [0.05, 0.1) is 0 Å². The molecule has 22 heavy (non-hydrogen) atoms. The van der Waals surface area contributed by atoms with Crippen LogP contribution in [0.3, 0.4) is 0 Å². The predicted molar refractivity (Wildman–Crippen MR) is 109 cm³/mol. The Balaban J connectivity index is 2.56. The second-order valence-corrected chi connectivity index (χ2v) is 11.1.